The van der Waals surface area contributed by atoms with Crippen LogP contribution in [-0.2, 0) is 19.6 Å². The van der Waals surface area contributed by atoms with Crippen molar-refractivity contribution in [3.05, 3.63) is 30.1 Å². The minimum Gasteiger partial charge on any atom is -0.378 e. The highest BCUT2D eigenvalue weighted by atomic mass is 32.2. The summed E-state index contributed by atoms with van der Waals surface area (Å²) in [4.78, 5) is 11.7. The van der Waals surface area contributed by atoms with Crippen molar-refractivity contribution in [2.75, 3.05) is 19.7 Å². The molecule has 1 saturated carbocycles. The third-order valence-electron chi connectivity index (χ3n) is 4.32. The van der Waals surface area contributed by atoms with Crippen molar-refractivity contribution in [2.45, 2.75) is 55.9 Å². The molecule has 1 aromatic rings. The smallest absolute Gasteiger partial charge is 0.240 e. The van der Waals surface area contributed by atoms with E-state index in [2.05, 4.69) is 10.0 Å². The standard InChI is InChI=1S/C18H27FN2O4S/c19-15-7-9-17(10-8-15)26(23,24)21-13-11-18(22)20-12-4-14-25-16-5-2-1-3-6-16/h7-10,16,21H,1-6,11-14H2,(H,20,22). The van der Waals surface area contributed by atoms with E-state index in [0.29, 0.717) is 19.3 Å². The van der Waals surface area contributed by atoms with Crippen molar-refractivity contribution >= 4 is 15.9 Å². The molecule has 0 aliphatic heterocycles. The molecule has 146 valence electrons. The zero-order valence-corrected chi connectivity index (χ0v) is 15.7. The van der Waals surface area contributed by atoms with Crippen molar-refractivity contribution in [3.8, 4) is 0 Å². The molecule has 6 nitrogen and oxygen atoms in total. The number of sulfonamides is 1. The van der Waals surface area contributed by atoms with Gasteiger partial charge in [-0.25, -0.2) is 17.5 Å². The first kappa shape index (κ1) is 20.8. The Morgan fingerprint density at radius 3 is 2.50 bits per heavy atom. The van der Waals surface area contributed by atoms with Crippen LogP contribution >= 0.6 is 0 Å². The van der Waals surface area contributed by atoms with Gasteiger partial charge in [-0.1, -0.05) is 19.3 Å². The molecule has 2 rings (SSSR count). The van der Waals surface area contributed by atoms with Gasteiger partial charge in [0, 0.05) is 26.1 Å². The molecule has 1 aliphatic rings. The predicted octanol–water partition coefficient (Wildman–Crippen LogP) is 2.35. The lowest BCUT2D eigenvalue weighted by atomic mass is 9.98. The maximum absolute atomic E-state index is 12.8. The number of halogens is 1. The minimum atomic E-state index is -3.73. The van der Waals surface area contributed by atoms with E-state index in [9.17, 15) is 17.6 Å². The van der Waals surface area contributed by atoms with E-state index in [1.807, 2.05) is 0 Å². The number of carbonyl (C=O) groups excluding carboxylic acids is 1. The molecule has 0 spiro atoms. The second kappa shape index (κ2) is 10.6. The number of rotatable bonds is 10. The Morgan fingerprint density at radius 2 is 1.81 bits per heavy atom. The van der Waals surface area contributed by atoms with Crippen LogP contribution in [0.2, 0.25) is 0 Å². The van der Waals surface area contributed by atoms with Gasteiger partial charge in [0.05, 0.1) is 11.0 Å². The monoisotopic (exact) mass is 386 g/mol. The number of nitrogens with one attached hydrogen (secondary N) is 2. The molecule has 0 bridgehead atoms. The molecule has 8 heteroatoms. The molecule has 1 amide bonds. The second-order valence-electron chi connectivity index (χ2n) is 6.44. The SMILES string of the molecule is O=C(CCNS(=O)(=O)c1ccc(F)cc1)NCCCOC1CCCCC1. The van der Waals surface area contributed by atoms with Crippen LogP contribution in [0.4, 0.5) is 4.39 Å². The number of ether oxygens (including phenoxy) is 1. The second-order valence-corrected chi connectivity index (χ2v) is 8.20. The summed E-state index contributed by atoms with van der Waals surface area (Å²) in [6, 6.07) is 4.53. The number of benzene rings is 1. The van der Waals surface area contributed by atoms with E-state index < -0.39 is 15.8 Å². The van der Waals surface area contributed by atoms with Crippen LogP contribution in [0.25, 0.3) is 0 Å². The summed E-state index contributed by atoms with van der Waals surface area (Å²) in [6.45, 7) is 1.13. The lowest BCUT2D eigenvalue weighted by molar-refractivity contribution is -0.121. The average Bonchev–Trinajstić information content (AvgIpc) is 2.62. The van der Waals surface area contributed by atoms with E-state index in [4.69, 9.17) is 4.74 Å². The first-order valence-corrected chi connectivity index (χ1v) is 10.6. The largest absolute Gasteiger partial charge is 0.378 e. The zero-order valence-electron chi connectivity index (χ0n) is 14.9. The Kier molecular flexibility index (Phi) is 8.47. The summed E-state index contributed by atoms with van der Waals surface area (Å²) in [5, 5.41) is 2.75. The maximum Gasteiger partial charge on any atom is 0.240 e. The number of hydrogen-bond acceptors (Lipinski definition) is 4. The summed E-state index contributed by atoms with van der Waals surface area (Å²) in [5.41, 5.74) is 0. The van der Waals surface area contributed by atoms with Crippen LogP contribution < -0.4 is 10.0 Å². The van der Waals surface area contributed by atoms with Crippen LogP contribution in [0.1, 0.15) is 44.9 Å². The number of hydrogen-bond donors (Lipinski definition) is 2. The summed E-state index contributed by atoms with van der Waals surface area (Å²) in [7, 11) is -3.73. The fourth-order valence-corrected chi connectivity index (χ4v) is 3.90. The van der Waals surface area contributed by atoms with Crippen LogP contribution in [0.5, 0.6) is 0 Å². The third kappa shape index (κ3) is 7.39. The minimum absolute atomic E-state index is 0.00980. The van der Waals surface area contributed by atoms with Crippen LogP contribution in [-0.4, -0.2) is 40.1 Å². The molecule has 1 aromatic carbocycles. The van der Waals surface area contributed by atoms with Gasteiger partial charge in [0.25, 0.3) is 0 Å². The van der Waals surface area contributed by atoms with E-state index in [0.717, 1.165) is 31.4 Å². The van der Waals surface area contributed by atoms with Crippen LogP contribution in [0, 0.1) is 5.82 Å². The summed E-state index contributed by atoms with van der Waals surface area (Å²) in [5.74, 6) is -0.722. The normalized spacial score (nSPS) is 15.7. The van der Waals surface area contributed by atoms with Gasteiger partial charge in [0.2, 0.25) is 15.9 Å². The van der Waals surface area contributed by atoms with Gasteiger partial charge < -0.3 is 10.1 Å². The quantitative estimate of drug-likeness (QED) is 0.605. The highest BCUT2D eigenvalue weighted by Crippen LogP contribution is 2.20. The predicted molar refractivity (Wildman–Crippen MR) is 96.7 cm³/mol. The van der Waals surface area contributed by atoms with Crippen LogP contribution in [0.15, 0.2) is 29.2 Å². The van der Waals surface area contributed by atoms with Gasteiger partial charge in [0.1, 0.15) is 5.82 Å². The van der Waals surface area contributed by atoms with E-state index in [1.54, 1.807) is 0 Å². The Labute approximate surface area is 154 Å². The zero-order chi connectivity index (χ0) is 18.8. The van der Waals surface area contributed by atoms with Crippen molar-refractivity contribution in [2.24, 2.45) is 0 Å². The van der Waals surface area contributed by atoms with Crippen molar-refractivity contribution < 1.29 is 22.3 Å². The first-order valence-electron chi connectivity index (χ1n) is 9.11. The van der Waals surface area contributed by atoms with Gasteiger partial charge in [-0.3, -0.25) is 4.79 Å². The molecule has 2 N–H and O–H groups in total. The lowest BCUT2D eigenvalue weighted by Gasteiger charge is -2.21. The Balaban J connectivity index is 1.56. The molecule has 1 aliphatic carbocycles. The highest BCUT2D eigenvalue weighted by molar-refractivity contribution is 7.89. The van der Waals surface area contributed by atoms with Crippen molar-refractivity contribution in [3.63, 3.8) is 0 Å². The Morgan fingerprint density at radius 1 is 1.12 bits per heavy atom. The van der Waals surface area contributed by atoms with Crippen LogP contribution in [0.3, 0.4) is 0 Å². The number of carbonyl (C=O) groups is 1. The fraction of sp³-hybridized carbons (Fsp3) is 0.611. The molecular formula is C18H27FN2O4S. The average molecular weight is 386 g/mol. The van der Waals surface area contributed by atoms with Gasteiger partial charge >= 0.3 is 0 Å². The summed E-state index contributed by atoms with van der Waals surface area (Å²) >= 11 is 0. The van der Waals surface area contributed by atoms with E-state index in [-0.39, 0.29) is 23.8 Å². The Bertz CT molecular complexity index is 658. The van der Waals surface area contributed by atoms with E-state index >= 15 is 0 Å². The topological polar surface area (TPSA) is 84.5 Å². The molecule has 26 heavy (non-hydrogen) atoms. The summed E-state index contributed by atoms with van der Waals surface area (Å²) in [6.07, 6.45) is 7.15. The third-order valence-corrected chi connectivity index (χ3v) is 5.79. The number of amides is 1. The van der Waals surface area contributed by atoms with Crippen molar-refractivity contribution in [1.82, 2.24) is 10.0 Å². The fourth-order valence-electron chi connectivity index (χ4n) is 2.87. The lowest BCUT2D eigenvalue weighted by Crippen LogP contribution is -2.31. The molecule has 1 fully saturated rings. The maximum atomic E-state index is 12.8. The van der Waals surface area contributed by atoms with Gasteiger partial charge in [-0.05, 0) is 43.5 Å². The van der Waals surface area contributed by atoms with Gasteiger partial charge in [-0.2, -0.15) is 0 Å². The summed E-state index contributed by atoms with van der Waals surface area (Å²) < 4.78 is 44.9. The molecule has 0 atom stereocenters. The Hall–Kier alpha value is -1.51. The molecule has 0 aromatic heterocycles. The molecule has 0 saturated heterocycles. The molecule has 0 heterocycles. The van der Waals surface area contributed by atoms with Crippen molar-refractivity contribution in [1.29, 1.82) is 0 Å². The first-order chi connectivity index (χ1) is 12.5. The molecule has 0 radical (unpaired) electrons. The van der Waals surface area contributed by atoms with E-state index in [1.165, 1.54) is 31.4 Å². The molecular weight excluding hydrogens is 359 g/mol. The molecule has 0 unspecified atom stereocenters. The van der Waals surface area contributed by atoms with Gasteiger partial charge in [0.15, 0.2) is 0 Å². The highest BCUT2D eigenvalue weighted by Gasteiger charge is 2.15. The van der Waals surface area contributed by atoms with Gasteiger partial charge in [-0.15, -0.1) is 0 Å².